The molecule has 64 valence electrons. The second kappa shape index (κ2) is 22.4. The second-order valence-corrected chi connectivity index (χ2v) is 2.41. The van der Waals surface area contributed by atoms with E-state index in [4.69, 9.17) is 0 Å². The summed E-state index contributed by atoms with van der Waals surface area (Å²) in [7, 11) is 0. The third kappa shape index (κ3) is 37.0. The second-order valence-electron chi connectivity index (χ2n) is 2.41. The maximum Gasteiger partial charge on any atom is 2.00 e. The molecule has 1 heteroatoms. The summed E-state index contributed by atoms with van der Waals surface area (Å²) in [5.41, 5.74) is 0. The molecule has 0 aliphatic carbocycles. The van der Waals surface area contributed by atoms with Gasteiger partial charge in [0.05, 0.1) is 0 Å². The average molecular weight is 208 g/mol. The minimum Gasteiger partial charge on any atom is -0.343 e. The van der Waals surface area contributed by atoms with Crippen molar-refractivity contribution in [2.45, 2.75) is 52.4 Å². The third-order valence-corrected chi connectivity index (χ3v) is 1.21. The molecule has 0 atom stereocenters. The van der Waals surface area contributed by atoms with Gasteiger partial charge in [-0.2, -0.15) is 12.8 Å². The van der Waals surface area contributed by atoms with Crippen LogP contribution < -0.4 is 0 Å². The van der Waals surface area contributed by atoms with Gasteiger partial charge in [-0.05, 0) is 0 Å². The molecule has 0 aromatic carbocycles. The molecule has 0 bridgehead atoms. The number of rotatable bonds is 4. The Bertz CT molecular complexity index is 29.9. The van der Waals surface area contributed by atoms with Gasteiger partial charge in [0.1, 0.15) is 0 Å². The number of hydrogen-bond acceptors (Lipinski definition) is 0. The van der Waals surface area contributed by atoms with Crippen LogP contribution in [0.4, 0.5) is 0 Å². The first-order valence-corrected chi connectivity index (χ1v) is 4.41. The molecule has 0 amide bonds. The van der Waals surface area contributed by atoms with E-state index in [1.165, 1.54) is 25.7 Å². The van der Waals surface area contributed by atoms with Crippen molar-refractivity contribution in [1.82, 2.24) is 0 Å². The van der Waals surface area contributed by atoms with Crippen LogP contribution in [-0.2, 0) is 19.5 Å². The van der Waals surface area contributed by atoms with Gasteiger partial charge in [-0.15, -0.1) is 0 Å². The van der Waals surface area contributed by atoms with Crippen molar-refractivity contribution in [3.63, 3.8) is 0 Å². The van der Waals surface area contributed by atoms with Crippen molar-refractivity contribution in [3.8, 4) is 0 Å². The Morgan fingerprint density at radius 3 is 1.36 bits per heavy atom. The zero-order valence-electron chi connectivity index (χ0n) is 8.36. The van der Waals surface area contributed by atoms with E-state index in [2.05, 4.69) is 27.7 Å². The van der Waals surface area contributed by atoms with E-state index in [1.807, 2.05) is 0 Å². The fourth-order valence-corrected chi connectivity index (χ4v) is 0.427. The Balaban J connectivity index is -0.000000114. The Labute approximate surface area is 85.9 Å². The van der Waals surface area contributed by atoms with E-state index in [-0.39, 0.29) is 19.5 Å². The molecule has 0 fully saturated rings. The van der Waals surface area contributed by atoms with Crippen LogP contribution in [0.15, 0.2) is 0 Å². The van der Waals surface area contributed by atoms with E-state index in [0.29, 0.717) is 0 Å². The van der Waals surface area contributed by atoms with Gasteiger partial charge in [-0.25, -0.2) is 0 Å². The van der Waals surface area contributed by atoms with Crippen molar-refractivity contribution in [3.05, 3.63) is 13.8 Å². The normalized spacial score (nSPS) is 7.64. The minimum atomic E-state index is 0. The summed E-state index contributed by atoms with van der Waals surface area (Å²) < 4.78 is 0. The zero-order chi connectivity index (χ0) is 8.24. The molecule has 0 rings (SSSR count). The van der Waals surface area contributed by atoms with Crippen molar-refractivity contribution in [2.75, 3.05) is 0 Å². The molecule has 0 unspecified atom stereocenters. The quantitative estimate of drug-likeness (QED) is 0.371. The standard InChI is InChI=1S/C6H13.C4H9.Zn/c1-3-5-6-4-2;1-3-4-2;/h1,3-6H2,2H3;1,3-4H2,2H3;/q2*-1;+2. The molecule has 0 nitrogen and oxygen atoms in total. The van der Waals surface area contributed by atoms with Crippen molar-refractivity contribution in [2.24, 2.45) is 0 Å². The SMILES string of the molecule is [CH2-]CCC.[CH2-]CCCCC.[Zn+2]. The van der Waals surface area contributed by atoms with E-state index in [0.717, 1.165) is 12.8 Å². The summed E-state index contributed by atoms with van der Waals surface area (Å²) in [5, 5.41) is 0. The Hall–Kier alpha value is 0.623. The van der Waals surface area contributed by atoms with E-state index < -0.39 is 0 Å². The van der Waals surface area contributed by atoms with E-state index in [1.54, 1.807) is 0 Å². The maximum atomic E-state index is 3.72. The Morgan fingerprint density at radius 2 is 1.27 bits per heavy atom. The van der Waals surface area contributed by atoms with Crippen molar-refractivity contribution >= 4 is 0 Å². The molecular weight excluding hydrogens is 185 g/mol. The van der Waals surface area contributed by atoms with Crippen LogP contribution in [0.1, 0.15) is 52.4 Å². The van der Waals surface area contributed by atoms with Gasteiger partial charge in [-0.1, -0.05) is 39.5 Å². The first-order valence-electron chi connectivity index (χ1n) is 4.41. The number of hydrogen-bond donors (Lipinski definition) is 0. The summed E-state index contributed by atoms with van der Waals surface area (Å²) in [4.78, 5) is 0. The zero-order valence-corrected chi connectivity index (χ0v) is 11.3. The van der Waals surface area contributed by atoms with Gasteiger partial charge in [0, 0.05) is 0 Å². The first-order chi connectivity index (χ1) is 4.83. The first kappa shape index (κ1) is 17.6. The predicted molar refractivity (Wildman–Crippen MR) is 49.8 cm³/mol. The van der Waals surface area contributed by atoms with Crippen LogP contribution in [-0.4, -0.2) is 0 Å². The molecule has 0 aromatic heterocycles. The Morgan fingerprint density at radius 1 is 0.818 bits per heavy atom. The van der Waals surface area contributed by atoms with Crippen LogP contribution in [0.5, 0.6) is 0 Å². The molecule has 0 saturated carbocycles. The summed E-state index contributed by atoms with van der Waals surface area (Å²) >= 11 is 0. The van der Waals surface area contributed by atoms with Gasteiger partial charge in [0.2, 0.25) is 0 Å². The third-order valence-electron chi connectivity index (χ3n) is 1.21. The summed E-state index contributed by atoms with van der Waals surface area (Å²) in [6.07, 6.45) is 7.35. The van der Waals surface area contributed by atoms with Gasteiger partial charge in [0.15, 0.2) is 0 Å². The van der Waals surface area contributed by atoms with Crippen LogP contribution in [0.3, 0.4) is 0 Å². The largest absolute Gasteiger partial charge is 2.00 e. The van der Waals surface area contributed by atoms with Crippen molar-refractivity contribution < 1.29 is 19.5 Å². The summed E-state index contributed by atoms with van der Waals surface area (Å²) in [6.45, 7) is 11.6. The number of unbranched alkanes of at least 4 members (excludes halogenated alkanes) is 4. The minimum absolute atomic E-state index is 0. The molecule has 0 saturated heterocycles. The molecule has 0 heterocycles. The van der Waals surface area contributed by atoms with Crippen molar-refractivity contribution in [1.29, 1.82) is 0 Å². The molecule has 11 heavy (non-hydrogen) atoms. The van der Waals surface area contributed by atoms with Crippen LogP contribution in [0.25, 0.3) is 0 Å². The monoisotopic (exact) mass is 206 g/mol. The molecule has 0 spiro atoms. The maximum absolute atomic E-state index is 3.72. The fourth-order valence-electron chi connectivity index (χ4n) is 0.427. The molecule has 0 radical (unpaired) electrons. The fraction of sp³-hybridized carbons (Fsp3) is 0.800. The van der Waals surface area contributed by atoms with E-state index >= 15 is 0 Å². The summed E-state index contributed by atoms with van der Waals surface area (Å²) in [5.74, 6) is 0. The molecular formula is C10H22Zn. The Kier molecular flexibility index (Phi) is 36.0. The predicted octanol–water partition coefficient (Wildman–Crippen LogP) is 4.02. The topological polar surface area (TPSA) is 0 Å². The smallest absolute Gasteiger partial charge is 0.343 e. The van der Waals surface area contributed by atoms with Crippen LogP contribution in [0.2, 0.25) is 0 Å². The van der Waals surface area contributed by atoms with Crippen LogP contribution in [0, 0.1) is 13.8 Å². The molecule has 0 N–H and O–H groups in total. The van der Waals surface area contributed by atoms with Gasteiger partial charge < -0.3 is 13.8 Å². The summed E-state index contributed by atoms with van der Waals surface area (Å²) in [6, 6.07) is 0. The average Bonchev–Trinajstić information content (AvgIpc) is 2.01. The molecule has 0 aliphatic heterocycles. The van der Waals surface area contributed by atoms with Gasteiger partial charge >= 0.3 is 19.5 Å². The van der Waals surface area contributed by atoms with Gasteiger partial charge in [0.25, 0.3) is 0 Å². The van der Waals surface area contributed by atoms with Gasteiger partial charge in [-0.3, -0.25) is 0 Å². The molecule has 0 aliphatic rings. The van der Waals surface area contributed by atoms with E-state index in [9.17, 15) is 0 Å². The van der Waals surface area contributed by atoms with Crippen LogP contribution >= 0.6 is 0 Å². The molecule has 0 aromatic rings.